The van der Waals surface area contributed by atoms with Crippen molar-refractivity contribution in [1.82, 2.24) is 0 Å². The monoisotopic (exact) mass is 457 g/mol. The van der Waals surface area contributed by atoms with Crippen LogP contribution in [0.5, 0.6) is 5.75 Å². The number of nitrogens with one attached hydrogen (secondary N) is 1. The molecule has 1 amide bonds. The van der Waals surface area contributed by atoms with Gasteiger partial charge in [-0.3, -0.25) is 4.79 Å². The van der Waals surface area contributed by atoms with Gasteiger partial charge in [-0.05, 0) is 60.8 Å². The van der Waals surface area contributed by atoms with Gasteiger partial charge in [-0.1, -0.05) is 46.6 Å². The zero-order valence-corrected chi connectivity index (χ0v) is 20.7. The number of anilines is 1. The maximum atomic E-state index is 13.0. The highest BCUT2D eigenvalue weighted by molar-refractivity contribution is 7.17. The Morgan fingerprint density at radius 1 is 1.22 bits per heavy atom. The van der Waals surface area contributed by atoms with E-state index in [9.17, 15) is 9.59 Å². The molecule has 0 saturated carbocycles. The number of esters is 1. The summed E-state index contributed by atoms with van der Waals surface area (Å²) in [6, 6.07) is 7.19. The fraction of sp³-hybridized carbons (Fsp3) is 0.538. The van der Waals surface area contributed by atoms with Gasteiger partial charge in [0.2, 0.25) is 0 Å². The third kappa shape index (κ3) is 5.71. The van der Waals surface area contributed by atoms with Crippen molar-refractivity contribution in [3.8, 4) is 5.75 Å². The topological polar surface area (TPSA) is 64.6 Å². The molecule has 0 aliphatic heterocycles. The molecule has 6 heteroatoms. The van der Waals surface area contributed by atoms with Crippen LogP contribution in [-0.4, -0.2) is 25.6 Å². The molecule has 0 bridgehead atoms. The maximum absolute atomic E-state index is 13.0. The lowest BCUT2D eigenvalue weighted by Gasteiger charge is -2.33. The first-order valence-corrected chi connectivity index (χ1v) is 12.3. The molecule has 5 nitrogen and oxygen atoms in total. The smallest absolute Gasteiger partial charge is 0.341 e. The SMILES string of the molecule is CCCCCOc1cccc(C(=O)Nc2sc3c(c2C(=O)OC)CCC(C(C)(C)C)C3)c1. The van der Waals surface area contributed by atoms with Gasteiger partial charge in [0.25, 0.3) is 5.91 Å². The van der Waals surface area contributed by atoms with Crippen LogP contribution in [0.3, 0.4) is 0 Å². The number of methoxy groups -OCH3 is 1. The van der Waals surface area contributed by atoms with Crippen molar-refractivity contribution >= 4 is 28.2 Å². The molecule has 32 heavy (non-hydrogen) atoms. The van der Waals surface area contributed by atoms with Crippen LogP contribution in [0.1, 0.15) is 84.5 Å². The van der Waals surface area contributed by atoms with Gasteiger partial charge >= 0.3 is 5.97 Å². The number of carbonyl (C=O) groups is 2. The lowest BCUT2D eigenvalue weighted by atomic mass is 9.72. The molecule has 0 saturated heterocycles. The van der Waals surface area contributed by atoms with E-state index in [4.69, 9.17) is 9.47 Å². The average molecular weight is 458 g/mol. The number of amides is 1. The Bertz CT molecular complexity index is 957. The Hall–Kier alpha value is -2.34. The van der Waals surface area contributed by atoms with Gasteiger partial charge in [0, 0.05) is 10.4 Å². The van der Waals surface area contributed by atoms with E-state index in [-0.39, 0.29) is 17.3 Å². The number of fused-ring (bicyclic) bond motifs is 1. The van der Waals surface area contributed by atoms with Gasteiger partial charge in [-0.25, -0.2) is 4.79 Å². The van der Waals surface area contributed by atoms with Crippen LogP contribution in [0.15, 0.2) is 24.3 Å². The molecular weight excluding hydrogens is 422 g/mol. The Kier molecular flexibility index (Phi) is 7.99. The molecule has 1 heterocycles. The molecule has 2 aromatic rings. The first-order chi connectivity index (χ1) is 15.2. The van der Waals surface area contributed by atoms with Crippen LogP contribution < -0.4 is 10.1 Å². The lowest BCUT2D eigenvalue weighted by Crippen LogP contribution is -2.26. The van der Waals surface area contributed by atoms with Gasteiger partial charge in [-0.15, -0.1) is 11.3 Å². The summed E-state index contributed by atoms with van der Waals surface area (Å²) >= 11 is 1.51. The van der Waals surface area contributed by atoms with E-state index in [1.807, 2.05) is 12.1 Å². The summed E-state index contributed by atoms with van der Waals surface area (Å²) in [7, 11) is 1.39. The van der Waals surface area contributed by atoms with Crippen molar-refractivity contribution in [2.24, 2.45) is 11.3 Å². The summed E-state index contributed by atoms with van der Waals surface area (Å²) in [5.41, 5.74) is 2.26. The fourth-order valence-corrected chi connectivity index (χ4v) is 5.49. The number of carbonyl (C=O) groups excluding carboxylic acids is 2. The van der Waals surface area contributed by atoms with Crippen molar-refractivity contribution in [2.45, 2.75) is 66.2 Å². The van der Waals surface area contributed by atoms with Gasteiger partial charge in [0.05, 0.1) is 19.3 Å². The van der Waals surface area contributed by atoms with E-state index in [1.54, 1.807) is 12.1 Å². The van der Waals surface area contributed by atoms with Crippen molar-refractivity contribution in [1.29, 1.82) is 0 Å². The van der Waals surface area contributed by atoms with E-state index in [2.05, 4.69) is 33.0 Å². The molecule has 1 aromatic heterocycles. The third-order valence-electron chi connectivity index (χ3n) is 6.22. The zero-order valence-electron chi connectivity index (χ0n) is 19.9. The van der Waals surface area contributed by atoms with Crippen LogP contribution in [-0.2, 0) is 17.6 Å². The van der Waals surface area contributed by atoms with E-state index in [0.29, 0.717) is 34.4 Å². The molecular formula is C26H35NO4S. The van der Waals surface area contributed by atoms with Crippen LogP contribution >= 0.6 is 11.3 Å². The molecule has 1 unspecified atom stereocenters. The van der Waals surface area contributed by atoms with Crippen LogP contribution in [0, 0.1) is 11.3 Å². The maximum Gasteiger partial charge on any atom is 0.341 e. The number of unbranched alkanes of at least 4 members (excludes halogenated alkanes) is 2. The Balaban J connectivity index is 1.80. The molecule has 1 aliphatic rings. The van der Waals surface area contributed by atoms with Gasteiger partial charge in [0.1, 0.15) is 10.8 Å². The fourth-order valence-electron chi connectivity index (χ4n) is 4.18. The highest BCUT2D eigenvalue weighted by Gasteiger charge is 2.34. The molecule has 0 spiro atoms. The summed E-state index contributed by atoms with van der Waals surface area (Å²) in [6.07, 6.45) is 6.03. The number of benzene rings is 1. The average Bonchev–Trinajstić information content (AvgIpc) is 3.12. The minimum atomic E-state index is -0.389. The largest absolute Gasteiger partial charge is 0.494 e. The van der Waals surface area contributed by atoms with E-state index >= 15 is 0 Å². The number of ether oxygens (including phenoxy) is 2. The zero-order chi connectivity index (χ0) is 23.3. The summed E-state index contributed by atoms with van der Waals surface area (Å²) in [5, 5.41) is 3.56. The molecule has 1 N–H and O–H groups in total. The first kappa shape index (κ1) is 24.3. The second-order valence-corrected chi connectivity index (χ2v) is 10.6. The highest BCUT2D eigenvalue weighted by Crippen LogP contribution is 2.44. The molecule has 174 valence electrons. The predicted molar refractivity (Wildman–Crippen MR) is 130 cm³/mol. The number of hydrogen-bond donors (Lipinski definition) is 1. The second kappa shape index (κ2) is 10.5. The summed E-state index contributed by atoms with van der Waals surface area (Å²) in [6.45, 7) is 9.57. The third-order valence-corrected chi connectivity index (χ3v) is 7.39. The molecule has 0 radical (unpaired) electrons. The summed E-state index contributed by atoms with van der Waals surface area (Å²) < 4.78 is 10.8. The standard InChI is InChI=1S/C26H35NO4S/c1-6-7-8-14-31-19-11-9-10-17(15-19)23(28)27-24-22(25(29)30-5)20-13-12-18(26(2,3)4)16-21(20)32-24/h9-11,15,18H,6-8,12-14,16H2,1-5H3,(H,27,28). The molecule has 3 rings (SSSR count). The van der Waals surface area contributed by atoms with Crippen LogP contribution in [0.25, 0.3) is 0 Å². The van der Waals surface area contributed by atoms with Gasteiger partial charge in [-0.2, -0.15) is 0 Å². The normalized spacial score (nSPS) is 15.7. The highest BCUT2D eigenvalue weighted by atomic mass is 32.1. The van der Waals surface area contributed by atoms with Crippen LogP contribution in [0.2, 0.25) is 0 Å². The van der Waals surface area contributed by atoms with E-state index in [0.717, 1.165) is 44.1 Å². The van der Waals surface area contributed by atoms with Crippen molar-refractivity contribution < 1.29 is 19.1 Å². The summed E-state index contributed by atoms with van der Waals surface area (Å²) in [4.78, 5) is 26.8. The first-order valence-electron chi connectivity index (χ1n) is 11.5. The molecule has 0 fully saturated rings. The van der Waals surface area contributed by atoms with Crippen molar-refractivity contribution in [3.63, 3.8) is 0 Å². The number of hydrogen-bond acceptors (Lipinski definition) is 5. The predicted octanol–water partition coefficient (Wildman–Crippen LogP) is 6.51. The molecule has 1 atom stereocenters. The summed E-state index contributed by atoms with van der Waals surface area (Å²) in [5.74, 6) is 0.588. The number of thiophene rings is 1. The van der Waals surface area contributed by atoms with Gasteiger partial charge < -0.3 is 14.8 Å². The van der Waals surface area contributed by atoms with Gasteiger partial charge in [0.15, 0.2) is 0 Å². The van der Waals surface area contributed by atoms with E-state index in [1.165, 1.54) is 23.3 Å². The number of rotatable bonds is 8. The Labute approximate surface area is 195 Å². The quantitative estimate of drug-likeness (QED) is 0.363. The van der Waals surface area contributed by atoms with Crippen LogP contribution in [0.4, 0.5) is 5.00 Å². The lowest BCUT2D eigenvalue weighted by molar-refractivity contribution is 0.0600. The Morgan fingerprint density at radius 3 is 2.69 bits per heavy atom. The van der Waals surface area contributed by atoms with E-state index < -0.39 is 0 Å². The minimum Gasteiger partial charge on any atom is -0.494 e. The Morgan fingerprint density at radius 2 is 2.00 bits per heavy atom. The molecule has 1 aliphatic carbocycles. The van der Waals surface area contributed by atoms with Crippen molar-refractivity contribution in [2.75, 3.05) is 19.0 Å². The minimum absolute atomic E-state index is 0.202. The second-order valence-electron chi connectivity index (χ2n) is 9.54. The molecule has 1 aromatic carbocycles. The van der Waals surface area contributed by atoms with Crippen molar-refractivity contribution in [3.05, 3.63) is 45.8 Å².